The van der Waals surface area contributed by atoms with Crippen LogP contribution < -0.4 is 5.32 Å². The number of aryl methyl sites for hydroxylation is 1. The number of fused-ring (bicyclic) bond motifs is 1. The number of carbonyl (C=O) groups is 1. The Morgan fingerprint density at radius 2 is 1.90 bits per heavy atom. The first-order valence-electron chi connectivity index (χ1n) is 6.43. The molecule has 0 bridgehead atoms. The van der Waals surface area contributed by atoms with Crippen molar-refractivity contribution in [3.63, 3.8) is 0 Å². The number of anilines is 1. The topological polar surface area (TPSA) is 54.9 Å². The van der Waals surface area contributed by atoms with Crippen molar-refractivity contribution in [2.75, 3.05) is 5.32 Å². The molecule has 0 atom stereocenters. The summed E-state index contributed by atoms with van der Waals surface area (Å²) in [5.41, 5.74) is 2.46. The van der Waals surface area contributed by atoms with Gasteiger partial charge in [-0.15, -0.1) is 0 Å². The molecule has 1 N–H and O–H groups in total. The Kier molecular flexibility index (Phi) is 3.31. The van der Waals surface area contributed by atoms with Crippen molar-refractivity contribution in [3.05, 3.63) is 65.7 Å². The molecule has 0 aliphatic carbocycles. The second-order valence-corrected chi connectivity index (χ2v) is 4.66. The van der Waals surface area contributed by atoms with Gasteiger partial charge in [-0.3, -0.25) is 9.78 Å². The van der Waals surface area contributed by atoms with E-state index in [2.05, 4.69) is 15.3 Å². The number of rotatable bonds is 2. The molecular weight excluding hydrogens is 269 g/mol. The van der Waals surface area contributed by atoms with Gasteiger partial charge < -0.3 is 5.32 Å². The summed E-state index contributed by atoms with van der Waals surface area (Å²) < 4.78 is 13.5. The second-order valence-electron chi connectivity index (χ2n) is 4.66. The molecule has 21 heavy (non-hydrogen) atoms. The van der Waals surface area contributed by atoms with Gasteiger partial charge in [0.05, 0.1) is 17.2 Å². The first kappa shape index (κ1) is 13.2. The summed E-state index contributed by atoms with van der Waals surface area (Å²) in [6.45, 7) is 1.66. The third-order valence-corrected chi connectivity index (χ3v) is 3.11. The summed E-state index contributed by atoms with van der Waals surface area (Å²) in [5.74, 6) is -0.783. The average Bonchev–Trinajstić information content (AvgIpc) is 2.50. The number of para-hydroxylation sites is 2. The van der Waals surface area contributed by atoms with E-state index in [-0.39, 0.29) is 11.5 Å². The van der Waals surface area contributed by atoms with E-state index in [9.17, 15) is 9.18 Å². The molecule has 0 radical (unpaired) electrons. The van der Waals surface area contributed by atoms with Crippen LogP contribution in [0.2, 0.25) is 0 Å². The number of aromatic nitrogens is 2. The number of benzene rings is 2. The SMILES string of the molecule is Cc1ccc(NC(=O)c2cnc3ccccc3n2)cc1F. The molecule has 104 valence electrons. The smallest absolute Gasteiger partial charge is 0.275 e. The van der Waals surface area contributed by atoms with E-state index in [1.54, 1.807) is 25.1 Å². The Morgan fingerprint density at radius 3 is 2.67 bits per heavy atom. The second kappa shape index (κ2) is 5.28. The van der Waals surface area contributed by atoms with Crippen molar-refractivity contribution < 1.29 is 9.18 Å². The Morgan fingerprint density at radius 1 is 1.14 bits per heavy atom. The van der Waals surface area contributed by atoms with Gasteiger partial charge in [-0.05, 0) is 36.8 Å². The fourth-order valence-corrected chi connectivity index (χ4v) is 1.93. The summed E-state index contributed by atoms with van der Waals surface area (Å²) >= 11 is 0. The van der Waals surface area contributed by atoms with Gasteiger partial charge in [-0.2, -0.15) is 0 Å². The van der Waals surface area contributed by atoms with E-state index >= 15 is 0 Å². The van der Waals surface area contributed by atoms with E-state index in [0.29, 0.717) is 16.8 Å². The molecule has 0 fully saturated rings. The van der Waals surface area contributed by atoms with Crippen molar-refractivity contribution in [2.24, 2.45) is 0 Å². The standard InChI is InChI=1S/C16H12FN3O/c1-10-6-7-11(8-12(10)17)19-16(21)15-9-18-13-4-2-3-5-14(13)20-15/h2-9H,1H3,(H,19,21). The van der Waals surface area contributed by atoms with Crippen LogP contribution in [0, 0.1) is 12.7 Å². The van der Waals surface area contributed by atoms with Crippen LogP contribution in [0.4, 0.5) is 10.1 Å². The highest BCUT2D eigenvalue weighted by atomic mass is 19.1. The number of amides is 1. The molecule has 1 heterocycles. The number of nitrogens with zero attached hydrogens (tertiary/aromatic N) is 2. The lowest BCUT2D eigenvalue weighted by Gasteiger charge is -2.06. The molecule has 0 saturated heterocycles. The van der Waals surface area contributed by atoms with Gasteiger partial charge in [0.25, 0.3) is 5.91 Å². The Bertz CT molecular complexity index is 833. The van der Waals surface area contributed by atoms with Gasteiger partial charge in [-0.25, -0.2) is 9.37 Å². The van der Waals surface area contributed by atoms with Gasteiger partial charge in [0.15, 0.2) is 0 Å². The van der Waals surface area contributed by atoms with Gasteiger partial charge in [-0.1, -0.05) is 18.2 Å². The molecule has 3 aromatic rings. The fourth-order valence-electron chi connectivity index (χ4n) is 1.93. The molecule has 1 aromatic heterocycles. The number of carbonyl (C=O) groups excluding carboxylic acids is 1. The predicted octanol–water partition coefficient (Wildman–Crippen LogP) is 3.33. The normalized spacial score (nSPS) is 10.6. The van der Waals surface area contributed by atoms with Crippen LogP contribution in [0.1, 0.15) is 16.1 Å². The molecule has 5 heteroatoms. The maximum absolute atomic E-state index is 13.5. The average molecular weight is 281 g/mol. The first-order valence-corrected chi connectivity index (χ1v) is 6.43. The van der Waals surface area contributed by atoms with E-state index < -0.39 is 5.91 Å². The molecular formula is C16H12FN3O. The van der Waals surface area contributed by atoms with E-state index in [0.717, 1.165) is 5.52 Å². The molecule has 4 nitrogen and oxygen atoms in total. The Balaban J connectivity index is 1.87. The molecule has 1 amide bonds. The third-order valence-electron chi connectivity index (χ3n) is 3.11. The number of nitrogens with one attached hydrogen (secondary N) is 1. The monoisotopic (exact) mass is 281 g/mol. The van der Waals surface area contributed by atoms with Crippen LogP contribution in [-0.4, -0.2) is 15.9 Å². The summed E-state index contributed by atoms with van der Waals surface area (Å²) in [5, 5.41) is 2.61. The van der Waals surface area contributed by atoms with Crippen LogP contribution in [0.5, 0.6) is 0 Å². The largest absolute Gasteiger partial charge is 0.321 e. The highest BCUT2D eigenvalue weighted by Crippen LogP contribution is 2.15. The highest BCUT2D eigenvalue weighted by Gasteiger charge is 2.10. The van der Waals surface area contributed by atoms with Gasteiger partial charge in [0, 0.05) is 5.69 Å². The number of halogens is 1. The lowest BCUT2D eigenvalue weighted by molar-refractivity contribution is 0.102. The minimum Gasteiger partial charge on any atom is -0.321 e. The van der Waals surface area contributed by atoms with Crippen LogP contribution in [0.15, 0.2) is 48.7 Å². The van der Waals surface area contributed by atoms with Crippen LogP contribution in [-0.2, 0) is 0 Å². The van der Waals surface area contributed by atoms with Gasteiger partial charge in [0.2, 0.25) is 0 Å². The summed E-state index contributed by atoms with van der Waals surface area (Å²) in [4.78, 5) is 20.5. The molecule has 0 aliphatic rings. The van der Waals surface area contributed by atoms with Crippen LogP contribution >= 0.6 is 0 Å². The number of hydrogen-bond acceptors (Lipinski definition) is 3. The summed E-state index contributed by atoms with van der Waals surface area (Å²) in [7, 11) is 0. The Hall–Kier alpha value is -2.82. The zero-order valence-corrected chi connectivity index (χ0v) is 11.3. The zero-order chi connectivity index (χ0) is 14.8. The number of hydrogen-bond donors (Lipinski definition) is 1. The quantitative estimate of drug-likeness (QED) is 0.784. The molecule has 0 aliphatic heterocycles. The lowest BCUT2D eigenvalue weighted by atomic mass is 10.2. The summed E-state index contributed by atoms with van der Waals surface area (Å²) in [6.07, 6.45) is 1.40. The molecule has 0 unspecified atom stereocenters. The summed E-state index contributed by atoms with van der Waals surface area (Å²) in [6, 6.07) is 11.8. The minimum atomic E-state index is -0.420. The van der Waals surface area contributed by atoms with Crippen molar-refractivity contribution >= 4 is 22.6 Å². The maximum Gasteiger partial charge on any atom is 0.275 e. The molecule has 2 aromatic carbocycles. The maximum atomic E-state index is 13.5. The van der Waals surface area contributed by atoms with E-state index in [1.165, 1.54) is 12.3 Å². The van der Waals surface area contributed by atoms with Gasteiger partial charge in [0.1, 0.15) is 11.5 Å². The zero-order valence-electron chi connectivity index (χ0n) is 11.3. The molecule has 0 saturated carbocycles. The van der Waals surface area contributed by atoms with Crippen molar-refractivity contribution in [3.8, 4) is 0 Å². The highest BCUT2D eigenvalue weighted by molar-refractivity contribution is 6.03. The van der Waals surface area contributed by atoms with Crippen molar-refractivity contribution in [2.45, 2.75) is 6.92 Å². The molecule has 3 rings (SSSR count). The van der Waals surface area contributed by atoms with E-state index in [1.807, 2.05) is 18.2 Å². The van der Waals surface area contributed by atoms with Crippen molar-refractivity contribution in [1.82, 2.24) is 9.97 Å². The van der Waals surface area contributed by atoms with E-state index in [4.69, 9.17) is 0 Å². The van der Waals surface area contributed by atoms with Gasteiger partial charge >= 0.3 is 0 Å². The predicted molar refractivity (Wildman–Crippen MR) is 78.6 cm³/mol. The van der Waals surface area contributed by atoms with Crippen LogP contribution in [0.3, 0.4) is 0 Å². The first-order chi connectivity index (χ1) is 10.1. The van der Waals surface area contributed by atoms with Crippen molar-refractivity contribution in [1.29, 1.82) is 0 Å². The molecule has 0 spiro atoms. The fraction of sp³-hybridized carbons (Fsp3) is 0.0625. The third kappa shape index (κ3) is 2.72. The lowest BCUT2D eigenvalue weighted by Crippen LogP contribution is -2.14. The minimum absolute atomic E-state index is 0.190. The Labute approximate surface area is 120 Å². The van der Waals surface area contributed by atoms with Crippen LogP contribution in [0.25, 0.3) is 11.0 Å².